The Bertz CT molecular complexity index is 1060. The number of esters is 1. The Hall–Kier alpha value is -3.15. The third-order valence-corrected chi connectivity index (χ3v) is 6.39. The number of hydrogen-bond acceptors (Lipinski definition) is 5. The molecule has 1 N–H and O–H groups in total. The number of ketones is 1. The Balaban J connectivity index is 1.31. The largest absolute Gasteiger partial charge is 0.451 e. The molecule has 0 bridgehead atoms. The van der Waals surface area contributed by atoms with E-state index in [1.54, 1.807) is 19.1 Å². The van der Waals surface area contributed by atoms with E-state index in [4.69, 9.17) is 4.74 Å². The number of anilines is 2. The molecule has 1 fully saturated rings. The number of amides is 1. The molecule has 2 atom stereocenters. The maximum absolute atomic E-state index is 12.8. The van der Waals surface area contributed by atoms with Crippen molar-refractivity contribution < 1.29 is 19.1 Å². The minimum atomic E-state index is -0.884. The van der Waals surface area contributed by atoms with Crippen LogP contribution in [0.25, 0.3) is 0 Å². The summed E-state index contributed by atoms with van der Waals surface area (Å²) in [6, 6.07) is 10.8. The summed E-state index contributed by atoms with van der Waals surface area (Å²) in [5.41, 5.74) is 4.95. The fraction of sp³-hybridized carbons (Fsp3) is 0.375. The topological polar surface area (TPSA) is 75.7 Å². The molecular formula is C24H24N2O4. The Kier molecular flexibility index (Phi) is 4.57. The average molecular weight is 404 g/mol. The van der Waals surface area contributed by atoms with Crippen molar-refractivity contribution in [3.8, 4) is 0 Å². The first-order chi connectivity index (χ1) is 14.5. The summed E-state index contributed by atoms with van der Waals surface area (Å²) in [6.07, 6.45) is 4.10. The zero-order valence-electron chi connectivity index (χ0n) is 16.9. The second-order valence-electron chi connectivity index (χ2n) is 8.32. The van der Waals surface area contributed by atoms with Gasteiger partial charge in [0.1, 0.15) is 6.04 Å². The van der Waals surface area contributed by atoms with E-state index in [0.717, 1.165) is 44.3 Å². The molecule has 1 saturated heterocycles. The van der Waals surface area contributed by atoms with Crippen LogP contribution in [0.2, 0.25) is 0 Å². The fourth-order valence-corrected chi connectivity index (χ4v) is 4.80. The number of nitrogens with one attached hydrogen (secondary N) is 1. The van der Waals surface area contributed by atoms with E-state index >= 15 is 0 Å². The van der Waals surface area contributed by atoms with Crippen LogP contribution in [0.1, 0.15) is 58.0 Å². The molecule has 3 aliphatic rings. The number of benzene rings is 2. The molecule has 0 radical (unpaired) electrons. The lowest BCUT2D eigenvalue weighted by Gasteiger charge is -2.33. The minimum absolute atomic E-state index is 0.0364. The number of carbonyl (C=O) groups is 3. The first-order valence-electron chi connectivity index (χ1n) is 10.6. The third kappa shape index (κ3) is 3.16. The van der Waals surface area contributed by atoms with Gasteiger partial charge in [-0.2, -0.15) is 0 Å². The number of carbonyl (C=O) groups excluding carboxylic acids is 3. The molecule has 6 nitrogen and oxygen atoms in total. The van der Waals surface area contributed by atoms with Crippen LogP contribution in [0.15, 0.2) is 36.4 Å². The van der Waals surface area contributed by atoms with E-state index in [2.05, 4.69) is 10.2 Å². The van der Waals surface area contributed by atoms with E-state index in [1.165, 1.54) is 11.1 Å². The smallest absolute Gasteiger partial charge is 0.338 e. The number of Topliss-reactive ketones (excluding diaryl/α,β-unsaturated/α-hetero) is 1. The van der Waals surface area contributed by atoms with Crippen LogP contribution in [0.5, 0.6) is 0 Å². The molecule has 5 rings (SSSR count). The van der Waals surface area contributed by atoms with E-state index in [9.17, 15) is 14.4 Å². The molecule has 0 saturated carbocycles. The minimum Gasteiger partial charge on any atom is -0.451 e. The highest BCUT2D eigenvalue weighted by molar-refractivity contribution is 6.06. The number of nitrogens with zero attached hydrogens (tertiary/aromatic N) is 1. The number of hydrogen-bond donors (Lipinski definition) is 1. The second-order valence-corrected chi connectivity index (χ2v) is 8.32. The van der Waals surface area contributed by atoms with Crippen molar-refractivity contribution in [1.29, 1.82) is 0 Å². The molecule has 1 aliphatic carbocycles. The van der Waals surface area contributed by atoms with Crippen LogP contribution in [-0.4, -0.2) is 36.4 Å². The maximum Gasteiger partial charge on any atom is 0.338 e. The molecule has 0 unspecified atom stereocenters. The van der Waals surface area contributed by atoms with Gasteiger partial charge in [-0.05, 0) is 74.4 Å². The number of ether oxygens (including phenoxy) is 1. The molecule has 0 spiro atoms. The monoisotopic (exact) mass is 404 g/mol. The van der Waals surface area contributed by atoms with Crippen LogP contribution in [0, 0.1) is 0 Å². The number of fused-ring (bicyclic) bond motifs is 4. The van der Waals surface area contributed by atoms with Crippen LogP contribution >= 0.6 is 0 Å². The van der Waals surface area contributed by atoms with E-state index < -0.39 is 12.1 Å². The van der Waals surface area contributed by atoms with Gasteiger partial charge in [-0.1, -0.05) is 12.1 Å². The van der Waals surface area contributed by atoms with Crippen molar-refractivity contribution >= 4 is 29.0 Å². The SMILES string of the molecule is C[C@@H](OC(=O)c1ccc2c(c1)NC(=O)[C@H]1CCCN21)C(=O)c1ccc2c(c1)CCC2. The normalized spacial score (nSPS) is 20.1. The Morgan fingerprint density at radius 3 is 2.73 bits per heavy atom. The highest BCUT2D eigenvalue weighted by Crippen LogP contribution is 2.37. The van der Waals surface area contributed by atoms with Gasteiger partial charge in [0.2, 0.25) is 11.7 Å². The van der Waals surface area contributed by atoms with Crippen molar-refractivity contribution in [3.05, 3.63) is 58.7 Å². The van der Waals surface area contributed by atoms with Crippen molar-refractivity contribution in [2.45, 2.75) is 51.2 Å². The van der Waals surface area contributed by atoms with Gasteiger partial charge >= 0.3 is 5.97 Å². The highest BCUT2D eigenvalue weighted by Gasteiger charge is 2.36. The predicted molar refractivity (Wildman–Crippen MR) is 113 cm³/mol. The van der Waals surface area contributed by atoms with Gasteiger partial charge in [0.05, 0.1) is 16.9 Å². The standard InChI is InChI=1S/C24H24N2O4/c1-14(22(27)17-8-7-15-4-2-5-16(15)12-17)30-24(29)18-9-10-20-19(13-18)25-23(28)21-6-3-11-26(20)21/h7-10,12-14,21H,2-6,11H2,1H3,(H,25,28)/t14-,21-/m1/s1. The van der Waals surface area contributed by atoms with Gasteiger partial charge in [-0.15, -0.1) is 0 Å². The predicted octanol–water partition coefficient (Wildman–Crippen LogP) is 3.52. The molecule has 0 aromatic heterocycles. The summed E-state index contributed by atoms with van der Waals surface area (Å²) in [6.45, 7) is 2.43. The summed E-state index contributed by atoms with van der Waals surface area (Å²) in [5.74, 6) is -0.813. The molecule has 2 aliphatic heterocycles. The number of aryl methyl sites for hydroxylation is 2. The van der Waals surface area contributed by atoms with Gasteiger partial charge in [0, 0.05) is 12.1 Å². The molecule has 6 heteroatoms. The zero-order chi connectivity index (χ0) is 20.8. The molecule has 30 heavy (non-hydrogen) atoms. The van der Waals surface area contributed by atoms with Crippen LogP contribution in [0.3, 0.4) is 0 Å². The molecule has 2 aromatic rings. The second kappa shape index (κ2) is 7.27. The van der Waals surface area contributed by atoms with Crippen LogP contribution in [0.4, 0.5) is 11.4 Å². The lowest BCUT2D eigenvalue weighted by molar-refractivity contribution is -0.117. The van der Waals surface area contributed by atoms with E-state index in [1.807, 2.05) is 24.3 Å². The van der Waals surface area contributed by atoms with Crippen molar-refractivity contribution in [2.24, 2.45) is 0 Å². The molecule has 2 heterocycles. The quantitative estimate of drug-likeness (QED) is 0.623. The van der Waals surface area contributed by atoms with Gasteiger partial charge in [0.25, 0.3) is 0 Å². The number of rotatable bonds is 4. The van der Waals surface area contributed by atoms with E-state index in [-0.39, 0.29) is 17.7 Å². The maximum atomic E-state index is 12.8. The molecular weight excluding hydrogens is 380 g/mol. The summed E-state index contributed by atoms with van der Waals surface area (Å²) in [4.78, 5) is 39.8. The molecule has 2 aromatic carbocycles. The Morgan fingerprint density at radius 2 is 1.87 bits per heavy atom. The van der Waals surface area contributed by atoms with Crippen LogP contribution < -0.4 is 10.2 Å². The summed E-state index contributed by atoms with van der Waals surface area (Å²) in [5, 5.41) is 2.90. The van der Waals surface area contributed by atoms with Crippen molar-refractivity contribution in [1.82, 2.24) is 0 Å². The van der Waals surface area contributed by atoms with Gasteiger partial charge in [0.15, 0.2) is 6.10 Å². The van der Waals surface area contributed by atoms with Gasteiger partial charge in [-0.25, -0.2) is 4.79 Å². The third-order valence-electron chi connectivity index (χ3n) is 6.39. The zero-order valence-corrected chi connectivity index (χ0v) is 16.9. The van der Waals surface area contributed by atoms with Crippen molar-refractivity contribution in [2.75, 3.05) is 16.8 Å². The van der Waals surface area contributed by atoms with Crippen LogP contribution in [-0.2, 0) is 22.4 Å². The first-order valence-corrected chi connectivity index (χ1v) is 10.6. The lowest BCUT2D eigenvalue weighted by Crippen LogP contribution is -2.43. The van der Waals surface area contributed by atoms with Gasteiger partial charge in [-0.3, -0.25) is 9.59 Å². The molecule has 154 valence electrons. The summed E-state index contributed by atoms with van der Waals surface area (Å²) < 4.78 is 5.46. The molecule has 1 amide bonds. The highest BCUT2D eigenvalue weighted by atomic mass is 16.5. The fourth-order valence-electron chi connectivity index (χ4n) is 4.80. The first kappa shape index (κ1) is 18.9. The van der Waals surface area contributed by atoms with Gasteiger partial charge < -0.3 is 15.0 Å². The van der Waals surface area contributed by atoms with Crippen molar-refractivity contribution in [3.63, 3.8) is 0 Å². The summed E-state index contributed by atoms with van der Waals surface area (Å²) >= 11 is 0. The Morgan fingerprint density at radius 1 is 1.07 bits per heavy atom. The average Bonchev–Trinajstić information content (AvgIpc) is 3.42. The van der Waals surface area contributed by atoms with E-state index in [0.29, 0.717) is 16.8 Å². The Labute approximate surface area is 175 Å². The lowest BCUT2D eigenvalue weighted by atomic mass is 10.0. The summed E-state index contributed by atoms with van der Waals surface area (Å²) in [7, 11) is 0.